The second kappa shape index (κ2) is 10.4. The lowest BCUT2D eigenvalue weighted by atomic mass is 9.97. The Balaban J connectivity index is 1.66. The Morgan fingerprint density at radius 2 is 1.81 bits per heavy atom. The topological polar surface area (TPSA) is 69.0 Å². The third-order valence-corrected chi connectivity index (χ3v) is 6.95. The summed E-state index contributed by atoms with van der Waals surface area (Å²) in [6, 6.07) is 15.7. The van der Waals surface area contributed by atoms with E-state index in [0.717, 1.165) is 22.9 Å². The van der Waals surface area contributed by atoms with Gasteiger partial charge in [-0.15, -0.1) is 0 Å². The van der Waals surface area contributed by atoms with Crippen LogP contribution in [-0.2, 0) is 6.54 Å². The van der Waals surface area contributed by atoms with Crippen molar-refractivity contribution in [3.8, 4) is 11.5 Å². The molecule has 0 fully saturated rings. The van der Waals surface area contributed by atoms with E-state index in [1.807, 2.05) is 6.07 Å². The fraction of sp³-hybridized carbons (Fsp3) is 0.241. The molecule has 1 aliphatic rings. The summed E-state index contributed by atoms with van der Waals surface area (Å²) < 4.78 is 31.8. The normalized spacial score (nSPS) is 14.8. The van der Waals surface area contributed by atoms with Gasteiger partial charge in [-0.05, 0) is 60.0 Å². The van der Waals surface area contributed by atoms with E-state index in [-0.39, 0.29) is 29.1 Å². The predicted molar refractivity (Wildman–Crippen MR) is 142 cm³/mol. The fourth-order valence-electron chi connectivity index (χ4n) is 4.59. The van der Waals surface area contributed by atoms with Crippen molar-refractivity contribution in [1.29, 1.82) is 0 Å². The number of halogens is 2. The number of carbonyl (C=O) groups is 1. The minimum Gasteiger partial charge on any atom is -0.493 e. The number of unbranched alkanes of at least 4 members (excludes halogenated alkanes) is 1. The molecule has 3 aromatic carbocycles. The fourth-order valence-corrected chi connectivity index (χ4v) is 4.95. The van der Waals surface area contributed by atoms with Crippen molar-refractivity contribution in [2.45, 2.75) is 32.4 Å². The van der Waals surface area contributed by atoms with Crippen LogP contribution in [0, 0.1) is 5.82 Å². The first kappa shape index (κ1) is 25.0. The number of fused-ring (bicyclic) bond motifs is 2. The van der Waals surface area contributed by atoms with Gasteiger partial charge in [0.05, 0.1) is 30.7 Å². The number of benzene rings is 3. The van der Waals surface area contributed by atoms with Crippen molar-refractivity contribution in [3.05, 3.63) is 104 Å². The predicted octanol–water partition coefficient (Wildman–Crippen LogP) is 6.63. The second-order valence-electron chi connectivity index (χ2n) is 8.89. The molecule has 0 radical (unpaired) electrons. The van der Waals surface area contributed by atoms with Gasteiger partial charge in [0.2, 0.25) is 5.76 Å². The van der Waals surface area contributed by atoms with Crippen LogP contribution in [0.4, 0.5) is 4.39 Å². The quantitative estimate of drug-likeness (QED) is 0.224. The third kappa shape index (κ3) is 4.73. The Labute approximate surface area is 221 Å². The lowest BCUT2D eigenvalue weighted by molar-refractivity contribution is 0.0714. The molecule has 0 saturated carbocycles. The number of ether oxygens (including phenoxy) is 2. The van der Waals surface area contributed by atoms with E-state index >= 15 is 0 Å². The van der Waals surface area contributed by atoms with Gasteiger partial charge in [0, 0.05) is 11.0 Å². The molecular formula is C29H25BrFNO5. The van der Waals surface area contributed by atoms with Gasteiger partial charge in [0.15, 0.2) is 16.9 Å². The van der Waals surface area contributed by atoms with E-state index in [9.17, 15) is 14.0 Å². The summed E-state index contributed by atoms with van der Waals surface area (Å²) in [6.07, 6.45) is 1.91. The average molecular weight is 566 g/mol. The van der Waals surface area contributed by atoms with E-state index in [2.05, 4.69) is 22.9 Å². The van der Waals surface area contributed by atoms with E-state index in [0.29, 0.717) is 34.6 Å². The van der Waals surface area contributed by atoms with Crippen LogP contribution in [0.1, 0.15) is 53.1 Å². The molecule has 2 heterocycles. The molecule has 0 bridgehead atoms. The summed E-state index contributed by atoms with van der Waals surface area (Å²) in [5.74, 6) is 0.323. The van der Waals surface area contributed by atoms with Crippen molar-refractivity contribution >= 4 is 32.8 Å². The molecular weight excluding hydrogens is 541 g/mol. The van der Waals surface area contributed by atoms with Crippen molar-refractivity contribution in [3.63, 3.8) is 0 Å². The molecule has 6 nitrogen and oxygen atoms in total. The Morgan fingerprint density at radius 1 is 1.03 bits per heavy atom. The summed E-state index contributed by atoms with van der Waals surface area (Å²) in [4.78, 5) is 29.0. The van der Waals surface area contributed by atoms with Crippen LogP contribution in [0.5, 0.6) is 11.5 Å². The van der Waals surface area contributed by atoms with Gasteiger partial charge in [-0.2, -0.15) is 0 Å². The number of rotatable bonds is 8. The van der Waals surface area contributed by atoms with Crippen LogP contribution in [-0.4, -0.2) is 24.5 Å². The first-order valence-corrected chi connectivity index (χ1v) is 12.8. The van der Waals surface area contributed by atoms with Crippen LogP contribution in [0.3, 0.4) is 0 Å². The van der Waals surface area contributed by atoms with E-state index in [1.54, 1.807) is 54.5 Å². The maximum absolute atomic E-state index is 13.8. The first-order chi connectivity index (χ1) is 17.9. The van der Waals surface area contributed by atoms with Gasteiger partial charge in [0.1, 0.15) is 11.4 Å². The molecule has 1 aliphatic heterocycles. The number of methoxy groups -OCH3 is 1. The molecule has 0 N–H and O–H groups in total. The molecule has 0 saturated heterocycles. The van der Waals surface area contributed by atoms with Crippen LogP contribution in [0.2, 0.25) is 0 Å². The van der Waals surface area contributed by atoms with Crippen molar-refractivity contribution < 1.29 is 23.1 Å². The van der Waals surface area contributed by atoms with Gasteiger partial charge in [-0.1, -0.05) is 47.5 Å². The molecule has 37 heavy (non-hydrogen) atoms. The molecule has 5 rings (SSSR count). The molecule has 1 aromatic heterocycles. The summed E-state index contributed by atoms with van der Waals surface area (Å²) in [5.41, 5.74) is 1.72. The first-order valence-electron chi connectivity index (χ1n) is 12.0. The van der Waals surface area contributed by atoms with Crippen molar-refractivity contribution in [2.24, 2.45) is 0 Å². The van der Waals surface area contributed by atoms with E-state index < -0.39 is 11.9 Å². The molecule has 4 aromatic rings. The van der Waals surface area contributed by atoms with Crippen molar-refractivity contribution in [2.75, 3.05) is 13.7 Å². The number of hydrogen-bond donors (Lipinski definition) is 0. The third-order valence-electron chi connectivity index (χ3n) is 6.45. The monoisotopic (exact) mass is 565 g/mol. The van der Waals surface area contributed by atoms with Crippen molar-refractivity contribution in [1.82, 2.24) is 4.90 Å². The minimum atomic E-state index is -0.731. The van der Waals surface area contributed by atoms with Crippen LogP contribution in [0.15, 0.2) is 74.3 Å². The number of amides is 1. The number of hydrogen-bond acceptors (Lipinski definition) is 5. The second-order valence-corrected chi connectivity index (χ2v) is 9.80. The highest BCUT2D eigenvalue weighted by Crippen LogP contribution is 2.42. The van der Waals surface area contributed by atoms with Gasteiger partial charge in [0.25, 0.3) is 5.91 Å². The standard InChI is InChI=1S/C29H25BrFNO5/c1-3-4-13-36-23-11-7-18(14-24(23)35-2)26-25-27(33)21-15-19(30)8-12-22(21)37-28(25)29(34)32(26)16-17-5-9-20(31)10-6-17/h5-12,14-15,26H,3-4,13,16H2,1-2H3. The Kier molecular flexibility index (Phi) is 7.02. The highest BCUT2D eigenvalue weighted by Gasteiger charge is 2.43. The average Bonchev–Trinajstić information content (AvgIpc) is 3.17. The van der Waals surface area contributed by atoms with Crippen LogP contribution in [0.25, 0.3) is 11.0 Å². The molecule has 1 amide bonds. The van der Waals surface area contributed by atoms with Crippen LogP contribution < -0.4 is 14.9 Å². The zero-order valence-corrected chi connectivity index (χ0v) is 22.0. The largest absolute Gasteiger partial charge is 0.493 e. The molecule has 8 heteroatoms. The Hall–Kier alpha value is -3.65. The lowest BCUT2D eigenvalue weighted by Gasteiger charge is -2.26. The highest BCUT2D eigenvalue weighted by atomic mass is 79.9. The smallest absolute Gasteiger partial charge is 0.291 e. The summed E-state index contributed by atoms with van der Waals surface area (Å²) >= 11 is 3.41. The number of carbonyl (C=O) groups excluding carboxylic acids is 1. The molecule has 0 aliphatic carbocycles. The lowest BCUT2D eigenvalue weighted by Crippen LogP contribution is -2.29. The molecule has 0 spiro atoms. The zero-order valence-electron chi connectivity index (χ0n) is 20.4. The van der Waals surface area contributed by atoms with Crippen LogP contribution >= 0.6 is 15.9 Å². The minimum absolute atomic E-state index is 0.00849. The number of nitrogens with zero attached hydrogens (tertiary/aromatic N) is 1. The molecule has 1 unspecified atom stereocenters. The van der Waals surface area contributed by atoms with Gasteiger partial charge < -0.3 is 18.8 Å². The maximum Gasteiger partial charge on any atom is 0.291 e. The molecule has 1 atom stereocenters. The van der Waals surface area contributed by atoms with Gasteiger partial charge in [-0.3, -0.25) is 9.59 Å². The van der Waals surface area contributed by atoms with Gasteiger partial charge >= 0.3 is 0 Å². The summed E-state index contributed by atoms with van der Waals surface area (Å²) in [5, 5.41) is 0.376. The molecule has 190 valence electrons. The maximum atomic E-state index is 13.8. The van der Waals surface area contributed by atoms with E-state index in [4.69, 9.17) is 13.9 Å². The Morgan fingerprint density at radius 3 is 2.54 bits per heavy atom. The SMILES string of the molecule is CCCCOc1ccc(C2c3c(oc4ccc(Br)cc4c3=O)C(=O)N2Cc2ccc(F)cc2)cc1OC. The zero-order chi connectivity index (χ0) is 26.1. The highest BCUT2D eigenvalue weighted by molar-refractivity contribution is 9.10. The van der Waals surface area contributed by atoms with E-state index in [1.165, 1.54) is 12.1 Å². The summed E-state index contributed by atoms with van der Waals surface area (Å²) in [7, 11) is 1.55. The van der Waals surface area contributed by atoms with Gasteiger partial charge in [-0.25, -0.2) is 4.39 Å². The summed E-state index contributed by atoms with van der Waals surface area (Å²) in [6.45, 7) is 2.80. The Bertz CT molecular complexity index is 1530.